The molecule has 27 heavy (non-hydrogen) atoms. The SMILES string of the molecule is CCc1cccc(OCC(=O)NNC(=O)C(C)Oc2ccc(Cl)cc2Cl)c1. The number of aryl methyl sites for hydroxylation is 1. The largest absolute Gasteiger partial charge is 0.484 e. The summed E-state index contributed by atoms with van der Waals surface area (Å²) in [5.41, 5.74) is 5.66. The highest BCUT2D eigenvalue weighted by Gasteiger charge is 2.17. The maximum atomic E-state index is 12.0. The van der Waals surface area contributed by atoms with Gasteiger partial charge in [0, 0.05) is 5.02 Å². The van der Waals surface area contributed by atoms with Crippen molar-refractivity contribution >= 4 is 35.0 Å². The van der Waals surface area contributed by atoms with E-state index in [2.05, 4.69) is 10.9 Å². The lowest BCUT2D eigenvalue weighted by molar-refractivity contribution is -0.133. The second-order valence-electron chi connectivity index (χ2n) is 5.66. The van der Waals surface area contributed by atoms with Crippen molar-refractivity contribution in [3.8, 4) is 11.5 Å². The van der Waals surface area contributed by atoms with Crippen molar-refractivity contribution in [1.82, 2.24) is 10.9 Å². The Bertz CT molecular complexity index is 814. The molecule has 2 rings (SSSR count). The highest BCUT2D eigenvalue weighted by molar-refractivity contribution is 6.35. The zero-order chi connectivity index (χ0) is 19.8. The number of rotatable bonds is 7. The van der Waals surface area contributed by atoms with E-state index in [0.717, 1.165) is 12.0 Å². The number of hydrogen-bond donors (Lipinski definition) is 2. The summed E-state index contributed by atoms with van der Waals surface area (Å²) in [6, 6.07) is 12.1. The smallest absolute Gasteiger partial charge is 0.279 e. The van der Waals surface area contributed by atoms with E-state index in [-0.39, 0.29) is 11.6 Å². The Morgan fingerprint density at radius 3 is 2.59 bits per heavy atom. The topological polar surface area (TPSA) is 76.7 Å². The molecule has 2 aromatic carbocycles. The second-order valence-corrected chi connectivity index (χ2v) is 6.51. The lowest BCUT2D eigenvalue weighted by Crippen LogP contribution is -2.48. The number of halogens is 2. The molecule has 2 amide bonds. The maximum absolute atomic E-state index is 12.0. The minimum Gasteiger partial charge on any atom is -0.484 e. The van der Waals surface area contributed by atoms with Crippen LogP contribution in [0.1, 0.15) is 19.4 Å². The molecule has 2 aromatic rings. The molecule has 0 bridgehead atoms. The Hall–Kier alpha value is -2.44. The van der Waals surface area contributed by atoms with E-state index < -0.39 is 17.9 Å². The Kier molecular flexibility index (Phi) is 7.76. The van der Waals surface area contributed by atoms with Gasteiger partial charge in [-0.1, -0.05) is 42.3 Å². The first-order valence-electron chi connectivity index (χ1n) is 8.31. The van der Waals surface area contributed by atoms with E-state index >= 15 is 0 Å². The van der Waals surface area contributed by atoms with E-state index in [1.54, 1.807) is 18.2 Å². The first-order valence-corrected chi connectivity index (χ1v) is 9.06. The van der Waals surface area contributed by atoms with Crippen LogP contribution >= 0.6 is 23.2 Å². The Balaban J connectivity index is 1.77. The van der Waals surface area contributed by atoms with E-state index in [1.165, 1.54) is 13.0 Å². The maximum Gasteiger partial charge on any atom is 0.279 e. The predicted octanol–water partition coefficient (Wildman–Crippen LogP) is 3.55. The van der Waals surface area contributed by atoms with Crippen LogP contribution in [-0.2, 0) is 16.0 Å². The highest BCUT2D eigenvalue weighted by atomic mass is 35.5. The number of benzene rings is 2. The van der Waals surface area contributed by atoms with Crippen LogP contribution < -0.4 is 20.3 Å². The summed E-state index contributed by atoms with van der Waals surface area (Å²) in [4.78, 5) is 23.8. The van der Waals surface area contributed by atoms with Gasteiger partial charge in [-0.25, -0.2) is 0 Å². The molecule has 0 saturated carbocycles. The van der Waals surface area contributed by atoms with Crippen molar-refractivity contribution < 1.29 is 19.1 Å². The fourth-order valence-electron chi connectivity index (χ4n) is 2.09. The third-order valence-electron chi connectivity index (χ3n) is 3.57. The normalized spacial score (nSPS) is 11.4. The standard InChI is InChI=1S/C19H20Cl2N2O4/c1-3-13-5-4-6-15(9-13)26-11-18(24)22-23-19(25)12(2)27-17-8-7-14(20)10-16(17)21/h4-10,12H,3,11H2,1-2H3,(H,22,24)(H,23,25). The van der Waals surface area contributed by atoms with Crippen LogP contribution in [0.4, 0.5) is 0 Å². The summed E-state index contributed by atoms with van der Waals surface area (Å²) < 4.78 is 10.9. The molecule has 0 fully saturated rings. The minimum absolute atomic E-state index is 0.230. The molecular formula is C19H20Cl2N2O4. The summed E-state index contributed by atoms with van der Waals surface area (Å²) >= 11 is 11.8. The highest BCUT2D eigenvalue weighted by Crippen LogP contribution is 2.28. The number of carbonyl (C=O) groups is 2. The van der Waals surface area contributed by atoms with Gasteiger partial charge in [0.15, 0.2) is 12.7 Å². The van der Waals surface area contributed by atoms with Crippen LogP contribution in [0.15, 0.2) is 42.5 Å². The molecule has 0 aliphatic heterocycles. The number of hydrogen-bond acceptors (Lipinski definition) is 4. The van der Waals surface area contributed by atoms with Crippen LogP contribution in [0.2, 0.25) is 10.0 Å². The van der Waals surface area contributed by atoms with Crippen molar-refractivity contribution in [2.24, 2.45) is 0 Å². The monoisotopic (exact) mass is 410 g/mol. The summed E-state index contributed by atoms with van der Waals surface area (Å²) in [7, 11) is 0. The Morgan fingerprint density at radius 2 is 1.89 bits per heavy atom. The fourth-order valence-corrected chi connectivity index (χ4v) is 2.54. The van der Waals surface area contributed by atoms with E-state index in [9.17, 15) is 9.59 Å². The van der Waals surface area contributed by atoms with Crippen molar-refractivity contribution in [3.63, 3.8) is 0 Å². The quantitative estimate of drug-likeness (QED) is 0.684. The lowest BCUT2D eigenvalue weighted by atomic mass is 10.2. The molecule has 2 N–H and O–H groups in total. The van der Waals surface area contributed by atoms with Gasteiger partial charge >= 0.3 is 0 Å². The zero-order valence-corrected chi connectivity index (χ0v) is 16.4. The Morgan fingerprint density at radius 1 is 1.11 bits per heavy atom. The van der Waals surface area contributed by atoms with Gasteiger partial charge in [-0.05, 0) is 49.2 Å². The average molecular weight is 411 g/mol. The van der Waals surface area contributed by atoms with Gasteiger partial charge in [0.05, 0.1) is 5.02 Å². The summed E-state index contributed by atoms with van der Waals surface area (Å²) in [5.74, 6) is -0.136. The van der Waals surface area contributed by atoms with Crippen molar-refractivity contribution in [2.75, 3.05) is 6.61 Å². The predicted molar refractivity (Wildman–Crippen MR) is 104 cm³/mol. The van der Waals surface area contributed by atoms with Gasteiger partial charge in [-0.3, -0.25) is 20.4 Å². The molecule has 1 unspecified atom stereocenters. The molecule has 144 valence electrons. The number of carbonyl (C=O) groups excluding carboxylic acids is 2. The van der Waals surface area contributed by atoms with E-state index in [4.69, 9.17) is 32.7 Å². The fraction of sp³-hybridized carbons (Fsp3) is 0.263. The third-order valence-corrected chi connectivity index (χ3v) is 4.10. The van der Waals surface area contributed by atoms with Gasteiger partial charge in [-0.15, -0.1) is 0 Å². The minimum atomic E-state index is -0.883. The summed E-state index contributed by atoms with van der Waals surface area (Å²) in [5, 5.41) is 0.745. The zero-order valence-electron chi connectivity index (χ0n) is 14.9. The number of nitrogens with one attached hydrogen (secondary N) is 2. The molecular weight excluding hydrogens is 391 g/mol. The molecule has 0 spiro atoms. The first-order chi connectivity index (χ1) is 12.9. The van der Waals surface area contributed by atoms with Crippen LogP contribution in [0.25, 0.3) is 0 Å². The van der Waals surface area contributed by atoms with Crippen molar-refractivity contribution in [1.29, 1.82) is 0 Å². The van der Waals surface area contributed by atoms with Gasteiger partial charge in [-0.2, -0.15) is 0 Å². The Labute approximate surface area is 167 Å². The van der Waals surface area contributed by atoms with Gasteiger partial charge < -0.3 is 9.47 Å². The first kappa shape index (κ1) is 20.9. The second kappa shape index (κ2) is 10.0. The van der Waals surface area contributed by atoms with Gasteiger partial charge in [0.2, 0.25) is 0 Å². The number of ether oxygens (including phenoxy) is 2. The van der Waals surface area contributed by atoms with Crippen LogP contribution in [-0.4, -0.2) is 24.5 Å². The molecule has 0 heterocycles. The third kappa shape index (κ3) is 6.66. The molecule has 0 saturated heterocycles. The van der Waals surface area contributed by atoms with Gasteiger partial charge in [0.25, 0.3) is 11.8 Å². The lowest BCUT2D eigenvalue weighted by Gasteiger charge is -2.16. The summed E-state index contributed by atoms with van der Waals surface area (Å²) in [6.45, 7) is 3.33. The van der Waals surface area contributed by atoms with E-state index in [1.807, 2.05) is 25.1 Å². The van der Waals surface area contributed by atoms with Gasteiger partial charge in [0.1, 0.15) is 11.5 Å². The molecule has 0 aliphatic carbocycles. The molecule has 0 radical (unpaired) electrons. The molecule has 1 atom stereocenters. The molecule has 0 aromatic heterocycles. The molecule has 6 nitrogen and oxygen atoms in total. The van der Waals surface area contributed by atoms with Crippen LogP contribution in [0, 0.1) is 0 Å². The molecule has 8 heteroatoms. The van der Waals surface area contributed by atoms with Crippen LogP contribution in [0.5, 0.6) is 11.5 Å². The number of amides is 2. The van der Waals surface area contributed by atoms with Crippen molar-refractivity contribution in [3.05, 3.63) is 58.1 Å². The number of hydrazine groups is 1. The van der Waals surface area contributed by atoms with Crippen LogP contribution in [0.3, 0.4) is 0 Å². The average Bonchev–Trinajstić information content (AvgIpc) is 2.66. The van der Waals surface area contributed by atoms with Crippen molar-refractivity contribution in [2.45, 2.75) is 26.4 Å². The summed E-state index contributed by atoms with van der Waals surface area (Å²) in [6.07, 6.45) is -0.0132. The molecule has 0 aliphatic rings. The van der Waals surface area contributed by atoms with E-state index in [0.29, 0.717) is 16.5 Å².